The van der Waals surface area contributed by atoms with E-state index in [4.69, 9.17) is 4.74 Å². The number of ether oxygens (including phenoxy) is 1. The Morgan fingerprint density at radius 3 is 2.48 bits per heavy atom. The minimum atomic E-state index is -3.03. The molecule has 3 atom stereocenters. The van der Waals surface area contributed by atoms with Gasteiger partial charge in [0.1, 0.15) is 0 Å². The summed E-state index contributed by atoms with van der Waals surface area (Å²) in [5.41, 5.74) is 3.61. The van der Waals surface area contributed by atoms with Gasteiger partial charge in [0.25, 0.3) is 0 Å². The Balaban J connectivity index is 1.44. The molecule has 2 aromatic rings. The summed E-state index contributed by atoms with van der Waals surface area (Å²) in [6, 6.07) is 18.6. The third-order valence-corrected chi connectivity index (χ3v) is 8.07. The average molecular weight is 386 g/mol. The summed E-state index contributed by atoms with van der Waals surface area (Å²) in [7, 11) is -3.03. The molecule has 0 bridgehead atoms. The number of benzene rings is 2. The molecular formula is C22H27NO3S. The van der Waals surface area contributed by atoms with Gasteiger partial charge < -0.3 is 4.74 Å². The van der Waals surface area contributed by atoms with Gasteiger partial charge in [0.2, 0.25) is 0 Å². The molecule has 2 aliphatic heterocycles. The Bertz CT molecular complexity index is 864. The molecule has 4 rings (SSSR count). The molecule has 2 aliphatic rings. The second kappa shape index (κ2) is 7.74. The van der Waals surface area contributed by atoms with Crippen molar-refractivity contribution in [2.24, 2.45) is 5.92 Å². The minimum absolute atomic E-state index is 0.0155. The van der Waals surface area contributed by atoms with Crippen LogP contribution >= 0.6 is 0 Å². The lowest BCUT2D eigenvalue weighted by Gasteiger charge is -2.32. The van der Waals surface area contributed by atoms with E-state index >= 15 is 0 Å². The molecular weight excluding hydrogens is 358 g/mol. The normalized spacial score (nSPS) is 27.4. The first kappa shape index (κ1) is 18.7. The predicted octanol–water partition coefficient (Wildman–Crippen LogP) is 3.20. The monoisotopic (exact) mass is 385 g/mol. The van der Waals surface area contributed by atoms with Crippen LogP contribution in [0.25, 0.3) is 0 Å². The first-order valence-electron chi connectivity index (χ1n) is 9.66. The highest BCUT2D eigenvalue weighted by Gasteiger charge is 2.48. The van der Waals surface area contributed by atoms with Crippen LogP contribution in [-0.2, 0) is 27.7 Å². The fourth-order valence-corrected chi connectivity index (χ4v) is 6.42. The predicted molar refractivity (Wildman–Crippen MR) is 107 cm³/mol. The van der Waals surface area contributed by atoms with Crippen LogP contribution in [0.1, 0.15) is 23.1 Å². The van der Waals surface area contributed by atoms with Gasteiger partial charge in [-0.15, -0.1) is 0 Å². The first-order valence-corrected chi connectivity index (χ1v) is 11.4. The van der Waals surface area contributed by atoms with Crippen LogP contribution in [-0.4, -0.2) is 43.5 Å². The maximum atomic E-state index is 12.6. The summed E-state index contributed by atoms with van der Waals surface area (Å²) in [4.78, 5) is 2.28. The lowest BCUT2D eigenvalue weighted by Crippen LogP contribution is -2.44. The van der Waals surface area contributed by atoms with E-state index in [0.717, 1.165) is 18.7 Å². The number of aryl methyl sites for hydroxylation is 1. The molecule has 144 valence electrons. The maximum absolute atomic E-state index is 12.6. The van der Waals surface area contributed by atoms with Crippen LogP contribution in [0.15, 0.2) is 54.6 Å². The third-order valence-electron chi connectivity index (χ3n) is 5.84. The topological polar surface area (TPSA) is 46.6 Å². The number of fused-ring (bicyclic) bond motifs is 1. The van der Waals surface area contributed by atoms with E-state index in [1.165, 1.54) is 11.1 Å². The molecule has 2 saturated heterocycles. The molecule has 0 aromatic heterocycles. The van der Waals surface area contributed by atoms with Gasteiger partial charge in [0.05, 0.1) is 23.7 Å². The standard InChI is InChI=1S/C22H27NO3S/c1-17-7-9-18(10-8-17)13-23-14-20-21(11-12-27(24,25)22(20)15-23)26-16-19-5-3-2-4-6-19/h2-10,20-22H,11-16H2,1H3/t20-,21-,22+/m1/s1. The van der Waals surface area contributed by atoms with Crippen molar-refractivity contribution < 1.29 is 13.2 Å². The van der Waals surface area contributed by atoms with Crippen LogP contribution in [0.4, 0.5) is 0 Å². The van der Waals surface area contributed by atoms with Crippen LogP contribution in [0.3, 0.4) is 0 Å². The molecule has 0 N–H and O–H groups in total. The van der Waals surface area contributed by atoms with E-state index in [0.29, 0.717) is 19.6 Å². The third kappa shape index (κ3) is 4.26. The van der Waals surface area contributed by atoms with Crippen LogP contribution in [0.5, 0.6) is 0 Å². The van der Waals surface area contributed by atoms with E-state index in [1.54, 1.807) is 0 Å². The number of likely N-dealkylation sites (tertiary alicyclic amines) is 1. The van der Waals surface area contributed by atoms with Gasteiger partial charge in [0, 0.05) is 25.6 Å². The van der Waals surface area contributed by atoms with Crippen molar-refractivity contribution in [3.05, 3.63) is 71.3 Å². The molecule has 4 nitrogen and oxygen atoms in total. The molecule has 0 amide bonds. The van der Waals surface area contributed by atoms with Crippen LogP contribution in [0, 0.1) is 12.8 Å². The Labute approximate surface area is 162 Å². The summed E-state index contributed by atoms with van der Waals surface area (Å²) in [5, 5.41) is -0.294. The molecule has 0 spiro atoms. The zero-order valence-corrected chi connectivity index (χ0v) is 16.6. The highest BCUT2D eigenvalue weighted by atomic mass is 32.2. The maximum Gasteiger partial charge on any atom is 0.154 e. The molecule has 0 radical (unpaired) electrons. The number of hydrogen-bond donors (Lipinski definition) is 0. The minimum Gasteiger partial charge on any atom is -0.373 e. The highest BCUT2D eigenvalue weighted by Crippen LogP contribution is 2.35. The zero-order valence-electron chi connectivity index (χ0n) is 15.8. The van der Waals surface area contributed by atoms with Gasteiger partial charge in [0.15, 0.2) is 9.84 Å². The van der Waals surface area contributed by atoms with Gasteiger partial charge in [-0.25, -0.2) is 8.42 Å². The Kier molecular flexibility index (Phi) is 5.35. The Morgan fingerprint density at radius 2 is 1.74 bits per heavy atom. The van der Waals surface area contributed by atoms with E-state index in [9.17, 15) is 8.42 Å². The zero-order chi connectivity index (χ0) is 18.9. The molecule has 0 aliphatic carbocycles. The Morgan fingerprint density at radius 1 is 1.00 bits per heavy atom. The lowest BCUT2D eigenvalue weighted by molar-refractivity contribution is -0.000962. The van der Waals surface area contributed by atoms with Gasteiger partial charge >= 0.3 is 0 Å². The van der Waals surface area contributed by atoms with Crippen molar-refractivity contribution in [3.63, 3.8) is 0 Å². The van der Waals surface area contributed by atoms with Crippen molar-refractivity contribution in [1.82, 2.24) is 4.90 Å². The number of rotatable bonds is 5. The van der Waals surface area contributed by atoms with Gasteiger partial charge in [-0.1, -0.05) is 60.2 Å². The Hall–Kier alpha value is -1.69. The fourth-order valence-electron chi connectivity index (χ4n) is 4.33. The van der Waals surface area contributed by atoms with Crippen molar-refractivity contribution in [2.45, 2.75) is 37.9 Å². The molecule has 27 heavy (non-hydrogen) atoms. The highest BCUT2D eigenvalue weighted by molar-refractivity contribution is 7.92. The first-order chi connectivity index (χ1) is 13.0. The van der Waals surface area contributed by atoms with Crippen molar-refractivity contribution >= 4 is 9.84 Å². The number of hydrogen-bond acceptors (Lipinski definition) is 4. The summed E-state index contributed by atoms with van der Waals surface area (Å²) in [6.45, 7) is 4.83. The van der Waals surface area contributed by atoms with E-state index in [-0.39, 0.29) is 23.0 Å². The van der Waals surface area contributed by atoms with Gasteiger partial charge in [-0.05, 0) is 24.5 Å². The van der Waals surface area contributed by atoms with Crippen molar-refractivity contribution in [3.8, 4) is 0 Å². The average Bonchev–Trinajstić information content (AvgIpc) is 3.09. The summed E-state index contributed by atoms with van der Waals surface area (Å²) < 4.78 is 31.5. The SMILES string of the molecule is Cc1ccc(CN2C[C@@H]3[C@H](OCc4ccccc4)CCS(=O)(=O)[C@H]3C2)cc1. The van der Waals surface area contributed by atoms with Gasteiger partial charge in [-0.3, -0.25) is 4.90 Å². The van der Waals surface area contributed by atoms with Crippen LogP contribution in [0.2, 0.25) is 0 Å². The number of sulfone groups is 1. The molecule has 2 aromatic carbocycles. The second-order valence-electron chi connectivity index (χ2n) is 7.87. The van der Waals surface area contributed by atoms with E-state index < -0.39 is 9.84 Å². The summed E-state index contributed by atoms with van der Waals surface area (Å²) >= 11 is 0. The van der Waals surface area contributed by atoms with E-state index in [1.807, 2.05) is 18.2 Å². The largest absolute Gasteiger partial charge is 0.373 e. The van der Waals surface area contributed by atoms with Crippen LogP contribution < -0.4 is 0 Å². The van der Waals surface area contributed by atoms with E-state index in [2.05, 4.69) is 48.2 Å². The summed E-state index contributed by atoms with van der Waals surface area (Å²) in [6.07, 6.45) is 0.621. The van der Waals surface area contributed by atoms with Gasteiger partial charge in [-0.2, -0.15) is 0 Å². The molecule has 0 saturated carbocycles. The second-order valence-corrected chi connectivity index (χ2v) is 10.2. The molecule has 5 heteroatoms. The summed E-state index contributed by atoms with van der Waals surface area (Å²) in [5.74, 6) is 0.310. The number of nitrogens with zero attached hydrogens (tertiary/aromatic N) is 1. The smallest absolute Gasteiger partial charge is 0.154 e. The lowest BCUT2D eigenvalue weighted by atomic mass is 9.98. The fraction of sp³-hybridized carbons (Fsp3) is 0.455. The molecule has 2 fully saturated rings. The van der Waals surface area contributed by atoms with Crippen molar-refractivity contribution in [2.75, 3.05) is 18.8 Å². The van der Waals surface area contributed by atoms with Crippen molar-refractivity contribution in [1.29, 1.82) is 0 Å². The molecule has 2 heterocycles. The molecule has 0 unspecified atom stereocenters. The quantitative estimate of drug-likeness (QED) is 0.793.